The predicted octanol–water partition coefficient (Wildman–Crippen LogP) is 22.8. The van der Waals surface area contributed by atoms with Crippen LogP contribution in [0.2, 0.25) is 0 Å². The van der Waals surface area contributed by atoms with Crippen LogP contribution in [0.3, 0.4) is 0 Å². The van der Waals surface area contributed by atoms with Crippen LogP contribution in [0.25, 0.3) is 0 Å². The van der Waals surface area contributed by atoms with Gasteiger partial charge in [0.25, 0.3) is 0 Å². The van der Waals surface area contributed by atoms with Crippen molar-refractivity contribution in [2.24, 2.45) is 0 Å². The van der Waals surface area contributed by atoms with E-state index in [0.29, 0.717) is 19.3 Å². The standard InChI is InChI=1S/C72H124O6/c1-4-7-10-13-16-19-22-25-27-28-29-30-31-32-33-34-35-36-37-38-39-40-41-42-43-44-46-47-50-53-56-59-62-65-71(74)77-68-69(67-76-70(73)64-61-58-55-52-49-24-21-18-15-12-9-6-3)78-72(75)66-63-60-57-54-51-48-45-26-23-20-17-14-11-8-5-2/h7,10,16-21,25-27,29-30,32-33,45,69H,4-6,8-9,11-15,22-24,28,31,34-44,46-68H2,1-3H3/b10-7-,19-16-,20-17-,21-18-,27-25-,30-29-,33-32-,45-26-. The second-order valence-corrected chi connectivity index (χ2v) is 22.0. The molecule has 0 aliphatic heterocycles. The minimum absolute atomic E-state index is 0.0828. The first-order chi connectivity index (χ1) is 38.5. The van der Waals surface area contributed by atoms with E-state index < -0.39 is 6.10 Å². The Morgan fingerprint density at radius 3 is 0.795 bits per heavy atom. The quantitative estimate of drug-likeness (QED) is 0.0261. The first kappa shape index (κ1) is 74.3. The predicted molar refractivity (Wildman–Crippen MR) is 339 cm³/mol. The van der Waals surface area contributed by atoms with E-state index in [1.165, 1.54) is 161 Å². The van der Waals surface area contributed by atoms with Crippen LogP contribution >= 0.6 is 0 Å². The van der Waals surface area contributed by atoms with Gasteiger partial charge in [-0.2, -0.15) is 0 Å². The summed E-state index contributed by atoms with van der Waals surface area (Å²) in [5.41, 5.74) is 0. The number of hydrogen-bond donors (Lipinski definition) is 0. The van der Waals surface area contributed by atoms with Gasteiger partial charge in [0, 0.05) is 19.3 Å². The summed E-state index contributed by atoms with van der Waals surface area (Å²) in [7, 11) is 0. The summed E-state index contributed by atoms with van der Waals surface area (Å²) in [6.07, 6.45) is 88.6. The van der Waals surface area contributed by atoms with Crippen LogP contribution in [0.15, 0.2) is 97.2 Å². The second kappa shape index (κ2) is 65.8. The molecule has 1 unspecified atom stereocenters. The highest BCUT2D eigenvalue weighted by Crippen LogP contribution is 2.17. The molecule has 6 nitrogen and oxygen atoms in total. The van der Waals surface area contributed by atoms with Gasteiger partial charge in [0.15, 0.2) is 6.10 Å². The highest BCUT2D eigenvalue weighted by molar-refractivity contribution is 5.71. The van der Waals surface area contributed by atoms with Crippen LogP contribution in [-0.4, -0.2) is 37.2 Å². The minimum Gasteiger partial charge on any atom is -0.462 e. The Hall–Kier alpha value is -3.67. The summed E-state index contributed by atoms with van der Waals surface area (Å²) in [4.78, 5) is 38.2. The Morgan fingerprint density at radius 2 is 0.500 bits per heavy atom. The lowest BCUT2D eigenvalue weighted by atomic mass is 10.0. The van der Waals surface area contributed by atoms with Crippen molar-refractivity contribution in [3.63, 3.8) is 0 Å². The van der Waals surface area contributed by atoms with Gasteiger partial charge >= 0.3 is 17.9 Å². The van der Waals surface area contributed by atoms with Gasteiger partial charge in [-0.1, -0.05) is 279 Å². The molecule has 0 spiro atoms. The Kier molecular flexibility index (Phi) is 62.7. The zero-order valence-electron chi connectivity index (χ0n) is 51.4. The molecule has 0 fully saturated rings. The molecule has 1 atom stereocenters. The molecule has 6 heteroatoms. The molecule has 0 radical (unpaired) electrons. The fourth-order valence-electron chi connectivity index (χ4n) is 9.32. The van der Waals surface area contributed by atoms with Crippen molar-refractivity contribution in [3.8, 4) is 0 Å². The van der Waals surface area contributed by atoms with Gasteiger partial charge in [0.1, 0.15) is 13.2 Å². The zero-order chi connectivity index (χ0) is 56.4. The topological polar surface area (TPSA) is 78.9 Å². The van der Waals surface area contributed by atoms with Gasteiger partial charge in [-0.3, -0.25) is 14.4 Å². The highest BCUT2D eigenvalue weighted by atomic mass is 16.6. The van der Waals surface area contributed by atoms with Crippen LogP contribution in [0.4, 0.5) is 0 Å². The van der Waals surface area contributed by atoms with E-state index in [0.717, 1.165) is 122 Å². The molecule has 0 aromatic rings. The molecule has 0 aromatic carbocycles. The molecular formula is C72H124O6. The number of ether oxygens (including phenoxy) is 3. The number of esters is 3. The molecule has 0 aliphatic rings. The van der Waals surface area contributed by atoms with Crippen molar-refractivity contribution >= 4 is 17.9 Å². The van der Waals surface area contributed by atoms with Crippen molar-refractivity contribution in [2.45, 2.75) is 329 Å². The largest absolute Gasteiger partial charge is 0.462 e. The zero-order valence-corrected chi connectivity index (χ0v) is 51.4. The number of unbranched alkanes of at least 4 members (excludes halogenated alkanes) is 33. The Balaban J connectivity index is 4.14. The van der Waals surface area contributed by atoms with E-state index in [-0.39, 0.29) is 31.1 Å². The van der Waals surface area contributed by atoms with Gasteiger partial charge in [0.2, 0.25) is 0 Å². The minimum atomic E-state index is -0.787. The van der Waals surface area contributed by atoms with Gasteiger partial charge in [-0.15, -0.1) is 0 Å². The molecule has 78 heavy (non-hydrogen) atoms. The number of rotatable bonds is 60. The van der Waals surface area contributed by atoms with Gasteiger partial charge in [-0.25, -0.2) is 0 Å². The average molecular weight is 1090 g/mol. The number of hydrogen-bond acceptors (Lipinski definition) is 6. The lowest BCUT2D eigenvalue weighted by Gasteiger charge is -2.18. The van der Waals surface area contributed by atoms with Crippen molar-refractivity contribution in [1.82, 2.24) is 0 Å². The van der Waals surface area contributed by atoms with Gasteiger partial charge in [0.05, 0.1) is 0 Å². The SMILES string of the molecule is CC/C=C\C/C=C\C/C=C\C/C=C\C/C=C\CCCCCCCCCCCCCCCCCCCC(=O)OCC(COC(=O)CCCCCCC/C=C\CCCCC)OC(=O)CCCCCCC/C=C\C/C=C\CCCCC. The summed E-state index contributed by atoms with van der Waals surface area (Å²) in [6, 6.07) is 0. The molecule has 448 valence electrons. The molecule has 0 bridgehead atoms. The molecule has 0 saturated carbocycles. The summed E-state index contributed by atoms with van der Waals surface area (Å²) < 4.78 is 16.9. The van der Waals surface area contributed by atoms with Crippen molar-refractivity contribution in [2.75, 3.05) is 13.2 Å². The number of carbonyl (C=O) groups is 3. The van der Waals surface area contributed by atoms with Crippen molar-refractivity contribution in [1.29, 1.82) is 0 Å². The number of carbonyl (C=O) groups excluding carboxylic acids is 3. The van der Waals surface area contributed by atoms with Gasteiger partial charge in [-0.05, 0) is 122 Å². The maximum atomic E-state index is 12.9. The molecule has 0 aliphatic carbocycles. The van der Waals surface area contributed by atoms with Crippen molar-refractivity contribution < 1.29 is 28.6 Å². The van der Waals surface area contributed by atoms with Crippen LogP contribution < -0.4 is 0 Å². The summed E-state index contributed by atoms with van der Waals surface area (Å²) >= 11 is 0. The van der Waals surface area contributed by atoms with Crippen LogP contribution in [0.1, 0.15) is 323 Å². The third-order valence-corrected chi connectivity index (χ3v) is 14.3. The Labute approximate surface area is 483 Å². The summed E-state index contributed by atoms with van der Waals surface area (Å²) in [5, 5.41) is 0. The normalized spacial score (nSPS) is 12.7. The highest BCUT2D eigenvalue weighted by Gasteiger charge is 2.19. The van der Waals surface area contributed by atoms with Crippen LogP contribution in [0.5, 0.6) is 0 Å². The van der Waals surface area contributed by atoms with E-state index in [1.807, 2.05) is 0 Å². The molecule has 0 aromatic heterocycles. The third kappa shape index (κ3) is 63.2. The first-order valence-corrected chi connectivity index (χ1v) is 33.2. The second-order valence-electron chi connectivity index (χ2n) is 22.0. The van der Waals surface area contributed by atoms with E-state index >= 15 is 0 Å². The Bertz CT molecular complexity index is 1530. The third-order valence-electron chi connectivity index (χ3n) is 14.3. The molecular weight excluding hydrogens is 961 g/mol. The lowest BCUT2D eigenvalue weighted by molar-refractivity contribution is -0.167. The van der Waals surface area contributed by atoms with E-state index in [2.05, 4.69) is 118 Å². The van der Waals surface area contributed by atoms with Crippen molar-refractivity contribution in [3.05, 3.63) is 97.2 Å². The monoisotopic (exact) mass is 1080 g/mol. The van der Waals surface area contributed by atoms with Gasteiger partial charge < -0.3 is 14.2 Å². The van der Waals surface area contributed by atoms with E-state index in [9.17, 15) is 14.4 Å². The first-order valence-electron chi connectivity index (χ1n) is 33.2. The molecule has 0 rings (SSSR count). The average Bonchev–Trinajstić information content (AvgIpc) is 3.44. The van der Waals surface area contributed by atoms with E-state index in [1.54, 1.807) is 0 Å². The molecule has 0 N–H and O–H groups in total. The smallest absolute Gasteiger partial charge is 0.306 e. The summed E-state index contributed by atoms with van der Waals surface area (Å²) in [5.74, 6) is -0.895. The lowest BCUT2D eigenvalue weighted by Crippen LogP contribution is -2.30. The molecule has 0 heterocycles. The maximum Gasteiger partial charge on any atom is 0.306 e. The maximum absolute atomic E-state index is 12.9. The fraction of sp³-hybridized carbons (Fsp3) is 0.736. The summed E-state index contributed by atoms with van der Waals surface area (Å²) in [6.45, 7) is 6.48. The number of allylic oxidation sites excluding steroid dienone is 16. The molecule has 0 amide bonds. The van der Waals surface area contributed by atoms with Crippen LogP contribution in [0, 0.1) is 0 Å². The Morgan fingerprint density at radius 1 is 0.269 bits per heavy atom. The van der Waals surface area contributed by atoms with Crippen LogP contribution in [-0.2, 0) is 28.6 Å². The van der Waals surface area contributed by atoms with E-state index in [4.69, 9.17) is 14.2 Å². The molecule has 0 saturated heterocycles. The fourth-order valence-corrected chi connectivity index (χ4v) is 9.32.